The zero-order valence-electron chi connectivity index (χ0n) is 15.5. The summed E-state index contributed by atoms with van der Waals surface area (Å²) >= 11 is 0. The summed E-state index contributed by atoms with van der Waals surface area (Å²) in [5.41, 5.74) is 6.10. The summed E-state index contributed by atoms with van der Waals surface area (Å²) in [5.74, 6) is 0. The van der Waals surface area contributed by atoms with Crippen LogP contribution in [-0.4, -0.2) is 29.3 Å². The van der Waals surface area contributed by atoms with Crippen LogP contribution in [0.4, 0.5) is 0 Å². The van der Waals surface area contributed by atoms with E-state index in [9.17, 15) is 0 Å². The molecule has 4 rings (SSSR count). The van der Waals surface area contributed by atoms with E-state index in [1.54, 1.807) is 0 Å². The molecule has 1 aromatic carbocycles. The number of hydrogen-bond acceptors (Lipinski definition) is 3. The predicted molar refractivity (Wildman–Crippen MR) is 101 cm³/mol. The average Bonchev–Trinajstić information content (AvgIpc) is 3.30. The van der Waals surface area contributed by atoms with Gasteiger partial charge in [0.05, 0.1) is 17.1 Å². The lowest BCUT2D eigenvalue weighted by Gasteiger charge is -2.21. The number of benzene rings is 1. The lowest BCUT2D eigenvalue weighted by atomic mass is 10.2. The Kier molecular flexibility index (Phi) is 3.95. The number of nitrogens with zero attached hydrogens (tertiary/aromatic N) is 6. The zero-order valence-corrected chi connectivity index (χ0v) is 15.5. The standard InChI is InChI=1S/C20H22N6/c1-14-12-16(3)25(21-14)20(26-17(4)13-15(2)22-26)24-11-10-19(23-24)18-8-6-5-7-9-18/h5-13,20H,1-4H3. The molecule has 0 N–H and O–H groups in total. The van der Waals surface area contributed by atoms with Gasteiger partial charge in [-0.3, -0.25) is 0 Å². The van der Waals surface area contributed by atoms with Crippen LogP contribution in [-0.2, 0) is 0 Å². The normalized spacial score (nSPS) is 11.4. The third-order valence-corrected chi connectivity index (χ3v) is 4.44. The van der Waals surface area contributed by atoms with Crippen molar-refractivity contribution in [3.05, 3.63) is 77.5 Å². The predicted octanol–water partition coefficient (Wildman–Crippen LogP) is 3.73. The summed E-state index contributed by atoms with van der Waals surface area (Å²) in [4.78, 5) is 0. The molecule has 3 aromatic heterocycles. The van der Waals surface area contributed by atoms with Gasteiger partial charge in [0.15, 0.2) is 0 Å². The van der Waals surface area contributed by atoms with Crippen molar-refractivity contribution in [1.82, 2.24) is 29.3 Å². The molecule has 0 saturated heterocycles. The molecular weight excluding hydrogens is 324 g/mol. The van der Waals surface area contributed by atoms with Crippen LogP contribution < -0.4 is 0 Å². The van der Waals surface area contributed by atoms with Gasteiger partial charge < -0.3 is 0 Å². The highest BCUT2D eigenvalue weighted by molar-refractivity contribution is 5.58. The first-order valence-corrected chi connectivity index (χ1v) is 8.69. The van der Waals surface area contributed by atoms with E-state index in [2.05, 4.69) is 38.1 Å². The second kappa shape index (κ2) is 6.29. The van der Waals surface area contributed by atoms with Crippen LogP contribution in [0.1, 0.15) is 29.1 Å². The van der Waals surface area contributed by atoms with E-state index in [1.165, 1.54) is 0 Å². The van der Waals surface area contributed by atoms with Gasteiger partial charge in [0, 0.05) is 23.1 Å². The van der Waals surface area contributed by atoms with Gasteiger partial charge in [0.1, 0.15) is 0 Å². The van der Waals surface area contributed by atoms with Crippen LogP contribution in [0.2, 0.25) is 0 Å². The molecule has 0 spiro atoms. The quantitative estimate of drug-likeness (QED) is 0.566. The summed E-state index contributed by atoms with van der Waals surface area (Å²) in [6, 6.07) is 16.3. The van der Waals surface area contributed by atoms with Crippen LogP contribution in [0.15, 0.2) is 54.7 Å². The van der Waals surface area contributed by atoms with Crippen molar-refractivity contribution in [1.29, 1.82) is 0 Å². The van der Waals surface area contributed by atoms with Gasteiger partial charge in [-0.25, -0.2) is 14.0 Å². The van der Waals surface area contributed by atoms with Crippen LogP contribution >= 0.6 is 0 Å². The molecule has 6 nitrogen and oxygen atoms in total. The van der Waals surface area contributed by atoms with Gasteiger partial charge >= 0.3 is 0 Å². The van der Waals surface area contributed by atoms with Gasteiger partial charge in [-0.1, -0.05) is 30.3 Å². The molecule has 0 fully saturated rings. The lowest BCUT2D eigenvalue weighted by Crippen LogP contribution is -2.30. The molecular formula is C20H22N6. The van der Waals surface area contributed by atoms with Crippen molar-refractivity contribution >= 4 is 0 Å². The van der Waals surface area contributed by atoms with E-state index < -0.39 is 0 Å². The summed E-state index contributed by atoms with van der Waals surface area (Å²) in [5, 5.41) is 14.2. The molecule has 0 aliphatic carbocycles. The first-order chi connectivity index (χ1) is 12.5. The highest BCUT2D eigenvalue weighted by Gasteiger charge is 2.22. The average molecular weight is 346 g/mol. The van der Waals surface area contributed by atoms with Crippen molar-refractivity contribution in [3.8, 4) is 11.3 Å². The second-order valence-corrected chi connectivity index (χ2v) is 6.64. The molecule has 3 heterocycles. The van der Waals surface area contributed by atoms with Gasteiger partial charge in [0.2, 0.25) is 6.29 Å². The molecule has 0 aliphatic rings. The minimum absolute atomic E-state index is 0.283. The topological polar surface area (TPSA) is 53.5 Å². The zero-order chi connectivity index (χ0) is 18.3. The summed E-state index contributed by atoms with van der Waals surface area (Å²) in [7, 11) is 0. The van der Waals surface area contributed by atoms with Gasteiger partial charge in [0.25, 0.3) is 0 Å². The number of aryl methyl sites for hydroxylation is 4. The highest BCUT2D eigenvalue weighted by atomic mass is 15.6. The first-order valence-electron chi connectivity index (χ1n) is 8.69. The van der Waals surface area contributed by atoms with E-state index in [-0.39, 0.29) is 6.29 Å². The fraction of sp³-hybridized carbons (Fsp3) is 0.250. The lowest BCUT2D eigenvalue weighted by molar-refractivity contribution is 0.274. The fourth-order valence-electron chi connectivity index (χ4n) is 3.32. The van der Waals surface area contributed by atoms with Crippen molar-refractivity contribution in [2.45, 2.75) is 34.0 Å². The van der Waals surface area contributed by atoms with Gasteiger partial charge in [-0.05, 0) is 45.9 Å². The Bertz CT molecular complexity index is 991. The maximum Gasteiger partial charge on any atom is 0.238 e. The molecule has 6 heteroatoms. The van der Waals surface area contributed by atoms with Crippen molar-refractivity contribution in [2.75, 3.05) is 0 Å². The molecule has 4 aromatic rings. The van der Waals surface area contributed by atoms with E-state index in [0.29, 0.717) is 0 Å². The molecule has 0 amide bonds. The van der Waals surface area contributed by atoms with Crippen LogP contribution in [0.3, 0.4) is 0 Å². The Morgan fingerprint density at radius 3 is 1.81 bits per heavy atom. The number of rotatable bonds is 4. The van der Waals surface area contributed by atoms with Crippen molar-refractivity contribution in [2.24, 2.45) is 0 Å². The molecule has 0 radical (unpaired) electrons. The van der Waals surface area contributed by atoms with Crippen LogP contribution in [0.25, 0.3) is 11.3 Å². The Hall–Kier alpha value is -3.15. The summed E-state index contributed by atoms with van der Waals surface area (Å²) in [6.07, 6.45) is 1.70. The molecule has 132 valence electrons. The maximum atomic E-state index is 4.83. The van der Waals surface area contributed by atoms with E-state index in [1.807, 2.05) is 58.4 Å². The number of aromatic nitrogens is 6. The SMILES string of the molecule is Cc1cc(C)n(C(n2ccc(-c3ccccc3)n2)n2nc(C)cc2C)n1. The summed E-state index contributed by atoms with van der Waals surface area (Å²) < 4.78 is 5.86. The minimum Gasteiger partial charge on any atom is -0.227 e. The van der Waals surface area contributed by atoms with Gasteiger partial charge in [-0.2, -0.15) is 15.3 Å². The Labute approximate surface area is 152 Å². The first kappa shape index (κ1) is 16.3. The van der Waals surface area contributed by atoms with Crippen LogP contribution in [0.5, 0.6) is 0 Å². The fourth-order valence-corrected chi connectivity index (χ4v) is 3.32. The Morgan fingerprint density at radius 1 is 0.731 bits per heavy atom. The van der Waals surface area contributed by atoms with Crippen molar-refractivity contribution < 1.29 is 0 Å². The van der Waals surface area contributed by atoms with E-state index >= 15 is 0 Å². The van der Waals surface area contributed by atoms with Crippen LogP contribution in [0, 0.1) is 27.7 Å². The Balaban J connectivity index is 1.85. The molecule has 0 atom stereocenters. The summed E-state index contributed by atoms with van der Waals surface area (Å²) in [6.45, 7) is 8.11. The smallest absolute Gasteiger partial charge is 0.227 e. The maximum absolute atomic E-state index is 4.83. The third kappa shape index (κ3) is 2.83. The van der Waals surface area contributed by atoms with Gasteiger partial charge in [-0.15, -0.1) is 0 Å². The molecule has 0 bridgehead atoms. The number of hydrogen-bond donors (Lipinski definition) is 0. The second-order valence-electron chi connectivity index (χ2n) is 6.64. The highest BCUT2D eigenvalue weighted by Crippen LogP contribution is 2.22. The molecule has 0 unspecified atom stereocenters. The minimum atomic E-state index is -0.283. The van der Waals surface area contributed by atoms with E-state index in [4.69, 9.17) is 15.3 Å². The van der Waals surface area contributed by atoms with E-state index in [0.717, 1.165) is 34.0 Å². The monoisotopic (exact) mass is 346 g/mol. The molecule has 26 heavy (non-hydrogen) atoms. The third-order valence-electron chi connectivity index (χ3n) is 4.44. The van der Waals surface area contributed by atoms with Crippen molar-refractivity contribution in [3.63, 3.8) is 0 Å². The molecule has 0 aliphatic heterocycles. The largest absolute Gasteiger partial charge is 0.238 e. The molecule has 0 saturated carbocycles. The Morgan fingerprint density at radius 2 is 1.31 bits per heavy atom.